The Morgan fingerprint density at radius 1 is 0.617 bits per heavy atom. The Hall–Kier alpha value is -9.43. The first kappa shape index (κ1) is 67.5. The highest BCUT2D eigenvalue weighted by Crippen LogP contribution is 2.42. The molecule has 3 N–H and O–H groups in total. The highest BCUT2D eigenvalue weighted by molar-refractivity contribution is 7.90. The number of nitrogens with two attached hydrogens (primary N) is 1. The second-order valence-corrected chi connectivity index (χ2v) is 24.9. The highest BCUT2D eigenvalue weighted by atomic mass is 32.2. The molecule has 12 rings (SSSR count). The number of pyridine rings is 2. The Balaban J connectivity index is 0.000000169. The monoisotopic (exact) mass is 1320 g/mol. The van der Waals surface area contributed by atoms with Crippen LogP contribution in [0.3, 0.4) is 0 Å². The molecule has 31 heteroatoms. The summed E-state index contributed by atoms with van der Waals surface area (Å²) in [6, 6.07) is 24.6. The quantitative estimate of drug-likeness (QED) is 0.0692. The summed E-state index contributed by atoms with van der Waals surface area (Å²) in [5, 5.41) is 11.7. The minimum atomic E-state index is -4.85. The van der Waals surface area contributed by atoms with Crippen molar-refractivity contribution >= 4 is 61.7 Å². The highest BCUT2D eigenvalue weighted by Gasteiger charge is 2.41. The number of piperidine rings is 2. The van der Waals surface area contributed by atoms with Crippen molar-refractivity contribution in [1.29, 1.82) is 0 Å². The second kappa shape index (κ2) is 29.2. The van der Waals surface area contributed by atoms with Crippen LogP contribution in [0, 0.1) is 13.1 Å². The Labute approximate surface area is 536 Å². The fraction of sp³-hybridized carbons (Fsp3) is 0.429. The first-order valence-corrected chi connectivity index (χ1v) is 32.2. The lowest BCUT2D eigenvalue weighted by atomic mass is 10.00. The van der Waals surface area contributed by atoms with Crippen molar-refractivity contribution in [2.24, 2.45) is 5.73 Å². The lowest BCUT2D eigenvalue weighted by Gasteiger charge is -2.37. The lowest BCUT2D eigenvalue weighted by Crippen LogP contribution is -2.50. The van der Waals surface area contributed by atoms with Crippen LogP contribution in [0.15, 0.2) is 102 Å². The van der Waals surface area contributed by atoms with E-state index in [9.17, 15) is 44.3 Å². The van der Waals surface area contributed by atoms with E-state index < -0.39 is 68.4 Å². The number of amides is 2. The first-order valence-electron chi connectivity index (χ1n) is 30.3. The van der Waals surface area contributed by atoms with Gasteiger partial charge in [0.25, 0.3) is 22.9 Å². The van der Waals surface area contributed by atoms with E-state index in [1.54, 1.807) is 9.80 Å². The molecule has 6 atom stereocenters. The maximum absolute atomic E-state index is 14.3. The summed E-state index contributed by atoms with van der Waals surface area (Å²) >= 11 is 0. The number of halogens is 6. The van der Waals surface area contributed by atoms with E-state index in [1.807, 2.05) is 74.5 Å². The van der Waals surface area contributed by atoms with Gasteiger partial charge in [0.1, 0.15) is 47.1 Å². The van der Waals surface area contributed by atoms with Gasteiger partial charge in [0.2, 0.25) is 20.9 Å². The van der Waals surface area contributed by atoms with Gasteiger partial charge in [0.15, 0.2) is 12.5 Å². The first-order chi connectivity index (χ1) is 45.0. The van der Waals surface area contributed by atoms with Gasteiger partial charge >= 0.3 is 24.5 Å². The Morgan fingerprint density at radius 2 is 1.09 bits per heavy atom. The van der Waals surface area contributed by atoms with Gasteiger partial charge < -0.3 is 49.5 Å². The number of hydrogen-bond acceptors (Lipinski definition) is 18. The fourth-order valence-electron chi connectivity index (χ4n) is 11.2. The van der Waals surface area contributed by atoms with Crippen molar-refractivity contribution < 1.29 is 63.3 Å². The van der Waals surface area contributed by atoms with Crippen molar-refractivity contribution in [1.82, 2.24) is 59.3 Å². The van der Waals surface area contributed by atoms with Crippen LogP contribution in [0.1, 0.15) is 113 Å². The zero-order chi connectivity index (χ0) is 66.9. The molecule has 0 spiro atoms. The minimum Gasteiger partial charge on any atom is -0.445 e. The van der Waals surface area contributed by atoms with Crippen molar-refractivity contribution in [2.75, 3.05) is 37.9 Å². The largest absolute Gasteiger partial charge is 0.445 e. The molecule has 0 radical (unpaired) electrons. The number of rotatable bonds is 11. The number of ether oxygens (including phenoxy) is 4. The van der Waals surface area contributed by atoms with Crippen molar-refractivity contribution in [2.45, 2.75) is 145 Å². The van der Waals surface area contributed by atoms with E-state index in [2.05, 4.69) is 55.1 Å². The molecular weight excluding hydrogens is 1250 g/mol. The molecule has 0 bridgehead atoms. The van der Waals surface area contributed by atoms with Gasteiger partial charge in [-0.1, -0.05) is 95.9 Å². The molecular formula is C63H66F6N16O8S. The van der Waals surface area contributed by atoms with Gasteiger partial charge in [-0.15, -0.1) is 0 Å². The summed E-state index contributed by atoms with van der Waals surface area (Å²) in [6.07, 6.45) is -1.73. The summed E-state index contributed by atoms with van der Waals surface area (Å²) in [5.41, 5.74) is 4.51. The Kier molecular flexibility index (Phi) is 21.0. The predicted octanol–water partition coefficient (Wildman–Crippen LogP) is 12.5. The molecule has 2 amide bonds. The Bertz CT molecular complexity index is 4200. The van der Waals surface area contributed by atoms with Gasteiger partial charge in [-0.05, 0) is 101 Å². The number of aromatic nitrogens is 10. The number of nitrogens with one attached hydrogen (secondary N) is 1. The number of sulfone groups is 1. The number of fused-ring (bicyclic) bond motifs is 2. The van der Waals surface area contributed by atoms with Crippen LogP contribution < -0.4 is 11.1 Å². The molecule has 4 aliphatic rings. The molecule has 0 aliphatic carbocycles. The van der Waals surface area contributed by atoms with Crippen LogP contribution in [0.4, 0.5) is 53.5 Å². The fourth-order valence-corrected chi connectivity index (χ4v) is 11.7. The van der Waals surface area contributed by atoms with E-state index in [-0.39, 0.29) is 89.1 Å². The van der Waals surface area contributed by atoms with Gasteiger partial charge in [-0.2, -0.15) is 45.9 Å². The number of alkyl halides is 6. The van der Waals surface area contributed by atoms with Crippen LogP contribution >= 0.6 is 0 Å². The SMILES string of the molecule is C[C@H]1CC[C@H](N)CN1C(=O)OCc1ccccc1.[C-]#[N+]c1ccc2c(-c3nc(N[C@H]4CC[C@H](C)N(C(=O)OCc5ccccc5)C4)ncc3C(F)(F)F)nn(C3CCCCO3)c2n1.[C-]#[N+]c1ccc2c(-c3nc(S(C)(=O)=O)ncc3C(F)(F)F)nn(C3CCCCO3)c2n1. The van der Waals surface area contributed by atoms with Gasteiger partial charge in [0, 0.05) is 69.1 Å². The van der Waals surface area contributed by atoms with Crippen LogP contribution in [0.2, 0.25) is 0 Å². The van der Waals surface area contributed by atoms with Gasteiger partial charge in [-0.3, -0.25) is 0 Å². The number of benzene rings is 2. The summed E-state index contributed by atoms with van der Waals surface area (Å²) < 4.78 is 133. The summed E-state index contributed by atoms with van der Waals surface area (Å²) in [7, 11) is -3.98. The number of nitrogens with zero attached hydrogens (tertiary/aromatic N) is 14. The Morgan fingerprint density at radius 3 is 1.54 bits per heavy atom. The van der Waals surface area contributed by atoms with Crippen LogP contribution in [-0.2, 0) is 54.4 Å². The average Bonchev–Trinajstić information content (AvgIpc) is 1.58. The zero-order valence-electron chi connectivity index (χ0n) is 51.3. The van der Waals surface area contributed by atoms with Crippen molar-refractivity contribution in [3.05, 3.63) is 142 Å². The topological polar surface area (TPSA) is 271 Å². The minimum absolute atomic E-state index is 0.0301. The number of anilines is 1. The van der Waals surface area contributed by atoms with Crippen LogP contribution in [0.5, 0.6) is 0 Å². The number of carbonyl (C=O) groups is 2. The standard InChI is InChI=1S/C31H31F3N8O3.C18H15F3N6O3S.C14H20N2O2/c1-19-11-12-21(17-41(19)30(43)45-18-20-8-4-3-5-9-20)37-29-36-16-23(31(32,33)34)27(39-29)26-22-13-14-24(35-2)38-28(22)42(40-26)25-10-6-7-15-44-25;1-22-12-7-6-10-14(26-27(16(10)24-12)13-5-3-4-8-30-13)15-11(18(19,20)21)9-23-17(25-15)31(2,28)29;1-11-7-8-13(15)9-16(11)14(17)18-10-12-5-3-2-4-6-12/h3-5,8-9,13-14,16,19,21,25H,6-7,10-12,15,17-18H2,1H3,(H,36,37,39);6-7,9,13H,3-5,8H2,2H3;2-6,11,13H,7-10,15H2,1H3/t19-,21-,25?;;11-,13-/m0.0/s1. The van der Waals surface area contributed by atoms with E-state index in [4.69, 9.17) is 37.8 Å². The lowest BCUT2D eigenvalue weighted by molar-refractivity contribution is -0.138. The maximum Gasteiger partial charge on any atom is 0.420 e. The third-order valence-corrected chi connectivity index (χ3v) is 17.0. The molecule has 0 saturated carbocycles. The van der Waals surface area contributed by atoms with Crippen LogP contribution in [0.25, 0.3) is 54.5 Å². The molecule has 2 aromatic carbocycles. The van der Waals surface area contributed by atoms with E-state index in [0.29, 0.717) is 63.6 Å². The smallest absolute Gasteiger partial charge is 0.420 e. The number of likely N-dealkylation sites (tertiary alicyclic amines) is 2. The molecule has 4 fully saturated rings. The molecule has 4 saturated heterocycles. The molecule has 24 nitrogen and oxygen atoms in total. The molecule has 494 valence electrons. The third kappa shape index (κ3) is 16.1. The average molecular weight is 1320 g/mol. The maximum atomic E-state index is 14.3. The molecule has 8 aromatic rings. The molecule has 4 aliphatic heterocycles. The van der Waals surface area contributed by atoms with E-state index in [1.165, 1.54) is 33.6 Å². The zero-order valence-corrected chi connectivity index (χ0v) is 52.1. The predicted molar refractivity (Wildman–Crippen MR) is 330 cm³/mol. The normalized spacial score (nSPS) is 20.2. The van der Waals surface area contributed by atoms with E-state index >= 15 is 0 Å². The molecule has 94 heavy (non-hydrogen) atoms. The summed E-state index contributed by atoms with van der Waals surface area (Å²) in [6.45, 7) is 20.8. The molecule has 2 unspecified atom stereocenters. The summed E-state index contributed by atoms with van der Waals surface area (Å²) in [5.74, 6) is 0.0922. The van der Waals surface area contributed by atoms with Gasteiger partial charge in [-0.25, -0.2) is 37.9 Å². The summed E-state index contributed by atoms with van der Waals surface area (Å²) in [4.78, 5) is 58.9. The van der Waals surface area contributed by atoms with Crippen LogP contribution in [-0.4, -0.2) is 137 Å². The molecule has 10 heterocycles. The van der Waals surface area contributed by atoms with Crippen molar-refractivity contribution in [3.63, 3.8) is 0 Å². The van der Waals surface area contributed by atoms with Crippen molar-refractivity contribution in [3.8, 4) is 22.8 Å². The third-order valence-electron chi connectivity index (χ3n) is 16.1. The number of carbonyl (C=O) groups excluding carboxylic acids is 2. The molecule has 6 aromatic heterocycles. The number of hydrogen-bond donors (Lipinski definition) is 2. The van der Waals surface area contributed by atoms with E-state index in [0.717, 1.165) is 62.1 Å². The van der Waals surface area contributed by atoms with Gasteiger partial charge in [0.05, 0.1) is 10.8 Å². The second-order valence-electron chi connectivity index (χ2n) is 23.0.